The van der Waals surface area contributed by atoms with Crippen LogP contribution in [0, 0.1) is 29.6 Å². The highest BCUT2D eigenvalue weighted by Gasteiger charge is 2.57. The van der Waals surface area contributed by atoms with E-state index in [0.29, 0.717) is 48.0 Å². The smallest absolute Gasteiger partial charge is 0.492 e. The number of rotatable bonds is 13. The van der Waals surface area contributed by atoms with E-state index in [-0.39, 0.29) is 84.7 Å². The number of ether oxygens (including phenoxy) is 6. The summed E-state index contributed by atoms with van der Waals surface area (Å²) in [7, 11) is -0.162. The number of carbonyl (C=O) groups is 5. The van der Waals surface area contributed by atoms with Crippen molar-refractivity contribution in [2.75, 3.05) is 34.5 Å². The largest absolute Gasteiger partial charge is 0.533 e. The zero-order valence-corrected chi connectivity index (χ0v) is 54.0. The van der Waals surface area contributed by atoms with Crippen molar-refractivity contribution >= 4 is 46.2 Å². The number of nitrogens with zero attached hydrogens (tertiary/aromatic N) is 2. The number of aromatic hydroxyl groups is 2. The average molecular weight is 1180 g/mol. The maximum atomic E-state index is 15.3. The van der Waals surface area contributed by atoms with Crippen LogP contribution in [0.5, 0.6) is 11.8 Å². The van der Waals surface area contributed by atoms with E-state index in [9.17, 15) is 29.7 Å². The first-order valence-corrected chi connectivity index (χ1v) is 35.2. The van der Waals surface area contributed by atoms with Gasteiger partial charge >= 0.3 is 12.1 Å². The van der Waals surface area contributed by atoms with Crippen LogP contribution in [-0.4, -0.2) is 160 Å². The van der Waals surface area contributed by atoms with Gasteiger partial charge in [0.2, 0.25) is 17.5 Å². The molecule has 0 radical (unpaired) electrons. The van der Waals surface area contributed by atoms with Gasteiger partial charge < -0.3 is 57.5 Å². The Bertz CT molecular complexity index is 2370. The lowest BCUT2D eigenvalue weighted by atomic mass is 9.81. The summed E-state index contributed by atoms with van der Waals surface area (Å²) in [6, 6.07) is 1.08. The van der Waals surface area contributed by atoms with Crippen LogP contribution in [0.15, 0.2) is 35.4 Å². The fourth-order valence-electron chi connectivity index (χ4n) is 11.5. The molecule has 0 spiro atoms. The SMILES string of the molecule is COC1CC(C=C(C)[C@H]2OC(=O)C3CCCCN3C(=O)C(=O)C3(O)O[C@@H](C(OC)CC3C)[C@@H](OC)C[C@@H](C)CC(C)C=C(CCOC(=O)On3c(O)ccc3O)C(=O)CC(O[Si](C)(C)C(C)(C)C)[C@H]2C)CC[C@H]1O[Si](C)(C)C(C)(C)C. The summed E-state index contributed by atoms with van der Waals surface area (Å²) in [5.41, 5.74) is 1.07. The number of carbonyl (C=O) groups excluding carboxylic acids is 5. The molecule has 0 aromatic carbocycles. The number of piperidine rings is 1. The molecule has 2 bridgehead atoms. The molecule has 8 unspecified atom stereocenters. The number of methoxy groups -OCH3 is 3. The van der Waals surface area contributed by atoms with Gasteiger partial charge in [0.15, 0.2) is 22.4 Å². The van der Waals surface area contributed by atoms with Crippen LogP contribution in [0.2, 0.25) is 36.3 Å². The van der Waals surface area contributed by atoms with Gasteiger partial charge in [-0.05, 0) is 130 Å². The lowest BCUT2D eigenvalue weighted by Gasteiger charge is -2.47. The summed E-state index contributed by atoms with van der Waals surface area (Å²) < 4.78 is 51.4. The van der Waals surface area contributed by atoms with E-state index in [1.165, 1.54) is 19.1 Å². The van der Waals surface area contributed by atoms with Crippen LogP contribution in [0.1, 0.15) is 147 Å². The number of ketones is 2. The van der Waals surface area contributed by atoms with Crippen molar-refractivity contribution in [1.82, 2.24) is 9.63 Å². The molecule has 21 heteroatoms. The monoisotopic (exact) mass is 1180 g/mol. The number of cyclic esters (lactones) is 1. The number of fused-ring (bicyclic) bond motifs is 3. The molecule has 3 fully saturated rings. The summed E-state index contributed by atoms with van der Waals surface area (Å²) in [4.78, 5) is 79.2. The maximum Gasteiger partial charge on any atom is 0.533 e. The molecule has 4 aliphatic rings. The molecule has 5 rings (SSSR count). The van der Waals surface area contributed by atoms with Crippen LogP contribution >= 0.6 is 0 Å². The minimum absolute atomic E-state index is 0.00275. The van der Waals surface area contributed by atoms with Gasteiger partial charge in [-0.25, -0.2) is 9.59 Å². The second kappa shape index (κ2) is 27.8. The van der Waals surface area contributed by atoms with Crippen LogP contribution in [0.25, 0.3) is 0 Å². The van der Waals surface area contributed by atoms with Gasteiger partial charge in [-0.1, -0.05) is 81.4 Å². The summed E-state index contributed by atoms with van der Waals surface area (Å²) in [5.74, 6) is -8.82. The van der Waals surface area contributed by atoms with Crippen LogP contribution in [-0.2, 0) is 56.5 Å². The molecule has 1 aliphatic carbocycles. The van der Waals surface area contributed by atoms with Crippen molar-refractivity contribution in [2.24, 2.45) is 29.6 Å². The predicted octanol–water partition coefficient (Wildman–Crippen LogP) is 9.99. The van der Waals surface area contributed by atoms with Gasteiger partial charge in [0, 0.05) is 64.7 Å². The molecule has 1 aromatic rings. The van der Waals surface area contributed by atoms with Gasteiger partial charge in [-0.15, -0.1) is 4.73 Å². The molecule has 1 aromatic heterocycles. The highest BCUT2D eigenvalue weighted by Crippen LogP contribution is 2.44. The Hall–Kier alpha value is -3.94. The Morgan fingerprint density at radius 3 is 1.94 bits per heavy atom. The zero-order valence-electron chi connectivity index (χ0n) is 52.0. The molecule has 1 saturated carbocycles. The second-order valence-electron chi connectivity index (χ2n) is 26.8. The maximum absolute atomic E-state index is 15.3. The Kier molecular flexibility index (Phi) is 23.3. The Morgan fingerprint density at radius 1 is 0.778 bits per heavy atom. The van der Waals surface area contributed by atoms with E-state index < -0.39 is 106 Å². The molecule has 4 heterocycles. The summed E-state index contributed by atoms with van der Waals surface area (Å²) in [6.45, 7) is 30.8. The molecule has 2 saturated heterocycles. The molecule has 3 N–H and O–H groups in total. The average Bonchev–Trinajstić information content (AvgIpc) is 3.75. The topological polar surface area (TPSA) is 237 Å². The number of Topliss-reactive ketones (excluding diaryl/α,β-unsaturated/α-hetero) is 2. The molecule has 14 atom stereocenters. The zero-order chi connectivity index (χ0) is 60.7. The van der Waals surface area contributed by atoms with Gasteiger partial charge in [0.1, 0.15) is 18.2 Å². The normalized spacial score (nSPS) is 32.5. The molecule has 19 nitrogen and oxygen atoms in total. The molecule has 3 aliphatic heterocycles. The minimum Gasteiger partial charge on any atom is -0.492 e. The van der Waals surface area contributed by atoms with Gasteiger partial charge in [0.25, 0.3) is 11.7 Å². The van der Waals surface area contributed by atoms with Crippen molar-refractivity contribution < 1.29 is 81.4 Å². The second-order valence-corrected chi connectivity index (χ2v) is 36.3. The fourth-order valence-corrected chi connectivity index (χ4v) is 14.3. The number of allylic oxidation sites excluding steroid dienone is 2. The molecule has 81 heavy (non-hydrogen) atoms. The van der Waals surface area contributed by atoms with Gasteiger partial charge in [-0.2, -0.15) is 0 Å². The van der Waals surface area contributed by atoms with Crippen molar-refractivity contribution in [3.63, 3.8) is 0 Å². The molecule has 1 amide bonds. The Balaban J connectivity index is 1.64. The van der Waals surface area contributed by atoms with E-state index in [4.69, 9.17) is 42.1 Å². The number of aromatic nitrogens is 1. The molecular formula is C60H100N2O17Si2. The van der Waals surface area contributed by atoms with E-state index in [2.05, 4.69) is 73.8 Å². The van der Waals surface area contributed by atoms with Gasteiger partial charge in [-0.3, -0.25) is 19.2 Å². The van der Waals surface area contributed by atoms with E-state index in [0.717, 1.165) is 25.0 Å². The van der Waals surface area contributed by atoms with E-state index in [1.807, 2.05) is 33.8 Å². The standard InChI is InChI=1S/C60H100N2O17Si2/c1-36-29-37(2)31-48(72-13)53-49(73-14)33-39(4)60(70,76-53)54(66)55(67)61-27-20-19-21-43(61)56(68)75-52(38(3)32-41-22-23-45(47(34-41)71-12)78-80(15,16)58(6,7)8)40(5)46(79-81(17,18)59(9,10)11)35-44(63)42(30-36)26-28-74-57(69)77-62-50(64)24-25-51(62)65/h24-25,30,32,36-37,39-41,43,45-49,52-53,64-65,70H,19-23,26-29,31,33-35H2,1-18H3/t36?,37-,39?,40+,41?,43?,45+,46?,47?,48-,49?,52+,53+,60?/m0/s1. The highest BCUT2D eigenvalue weighted by atomic mass is 28.4. The van der Waals surface area contributed by atoms with Crippen molar-refractivity contribution in [2.45, 2.75) is 238 Å². The lowest BCUT2D eigenvalue weighted by molar-refractivity contribution is -0.302. The predicted molar refractivity (Wildman–Crippen MR) is 310 cm³/mol. The fraction of sp³-hybridized carbons (Fsp3) is 0.783. The first kappa shape index (κ1) is 67.9. The Morgan fingerprint density at radius 2 is 1.36 bits per heavy atom. The highest BCUT2D eigenvalue weighted by molar-refractivity contribution is 6.74. The quantitative estimate of drug-likeness (QED) is 0.0721. The van der Waals surface area contributed by atoms with E-state index >= 15 is 9.59 Å². The lowest BCUT2D eigenvalue weighted by Crippen LogP contribution is -2.64. The molecular weight excluding hydrogens is 1080 g/mol. The first-order chi connectivity index (χ1) is 37.6. The van der Waals surface area contributed by atoms with Crippen molar-refractivity contribution in [3.05, 3.63) is 35.4 Å². The number of hydrogen-bond donors (Lipinski definition) is 3. The molecule has 460 valence electrons. The van der Waals surface area contributed by atoms with Gasteiger partial charge in [0.05, 0.1) is 37.1 Å². The minimum atomic E-state index is -2.74. The summed E-state index contributed by atoms with van der Waals surface area (Å²) in [5, 5.41) is 32.3. The summed E-state index contributed by atoms with van der Waals surface area (Å²) >= 11 is 0. The van der Waals surface area contributed by atoms with Crippen LogP contribution in [0.4, 0.5) is 4.79 Å². The third-order valence-corrected chi connectivity index (χ3v) is 27.5. The number of hydrogen-bond acceptors (Lipinski definition) is 17. The van der Waals surface area contributed by atoms with Crippen molar-refractivity contribution in [3.8, 4) is 11.8 Å². The van der Waals surface area contributed by atoms with Crippen LogP contribution in [0.3, 0.4) is 0 Å². The summed E-state index contributed by atoms with van der Waals surface area (Å²) in [6.07, 6.45) is 2.59. The van der Waals surface area contributed by atoms with E-state index in [1.54, 1.807) is 14.0 Å². The Labute approximate surface area is 484 Å². The first-order valence-electron chi connectivity index (χ1n) is 29.4. The third-order valence-electron chi connectivity index (χ3n) is 18.5. The van der Waals surface area contributed by atoms with Crippen LogP contribution < -0.4 is 4.84 Å². The third kappa shape index (κ3) is 16.7. The number of amides is 1. The number of aliphatic hydroxyl groups is 1. The van der Waals surface area contributed by atoms with Crippen molar-refractivity contribution in [1.29, 1.82) is 0 Å². The number of esters is 1.